The molecule has 0 saturated heterocycles. The van der Waals surface area contributed by atoms with Crippen molar-refractivity contribution in [2.75, 3.05) is 12.3 Å². The molecule has 1 aliphatic heterocycles. The van der Waals surface area contributed by atoms with Gasteiger partial charge in [0.1, 0.15) is 11.0 Å². The molecule has 2 rings (SSSR count). The first kappa shape index (κ1) is 12.0. The van der Waals surface area contributed by atoms with Crippen LogP contribution in [0.5, 0.6) is 0 Å². The Kier molecular flexibility index (Phi) is 3.43. The minimum atomic E-state index is -1.23. The predicted molar refractivity (Wildman–Crippen MR) is 68.9 cm³/mol. The predicted octanol–water partition coefficient (Wildman–Crippen LogP) is 2.14. The van der Waals surface area contributed by atoms with Crippen molar-refractivity contribution in [3.8, 4) is 0 Å². The molecule has 1 aliphatic rings. The largest absolute Gasteiger partial charge is 0.268 e. The number of benzene rings is 1. The summed E-state index contributed by atoms with van der Waals surface area (Å²) >= 11 is 0. The Balaban J connectivity index is 2.25. The van der Waals surface area contributed by atoms with Crippen LogP contribution in [0, 0.1) is 0 Å². The maximum Gasteiger partial charge on any atom is 0.265 e. The number of nitrogens with zero attached hydrogens (tertiary/aromatic N) is 1. The highest BCUT2D eigenvalue weighted by Crippen LogP contribution is 2.19. The summed E-state index contributed by atoms with van der Waals surface area (Å²) in [6.07, 6.45) is 0. The second-order valence-corrected chi connectivity index (χ2v) is 5.61. The molecule has 3 nitrogen and oxygen atoms in total. The molecule has 17 heavy (non-hydrogen) atoms. The number of carbonyl (C=O) groups excluding carboxylic acids is 1. The van der Waals surface area contributed by atoms with Gasteiger partial charge in [-0.15, -0.1) is 0 Å². The van der Waals surface area contributed by atoms with Crippen LogP contribution in [-0.2, 0) is 11.0 Å². The molecule has 1 heterocycles. The zero-order valence-electron chi connectivity index (χ0n) is 9.97. The van der Waals surface area contributed by atoms with Crippen LogP contribution >= 0.6 is 0 Å². The first-order valence-electron chi connectivity index (χ1n) is 5.50. The lowest BCUT2D eigenvalue weighted by molar-refractivity contribution is 0.0873. The van der Waals surface area contributed by atoms with E-state index in [4.69, 9.17) is 0 Å². The monoisotopic (exact) mass is 249 g/mol. The third-order valence-corrected chi connectivity index (χ3v) is 4.41. The molecule has 0 aromatic heterocycles. The maximum atomic E-state index is 12.2. The molecule has 0 unspecified atom stereocenters. The van der Waals surface area contributed by atoms with Gasteiger partial charge in [-0.1, -0.05) is 29.3 Å². The van der Waals surface area contributed by atoms with Gasteiger partial charge >= 0.3 is 0 Å². The molecule has 0 fully saturated rings. The van der Waals surface area contributed by atoms with Crippen molar-refractivity contribution in [1.29, 1.82) is 0 Å². The molecular weight excluding hydrogens is 234 g/mol. The average molecular weight is 249 g/mol. The van der Waals surface area contributed by atoms with Gasteiger partial charge in [0.2, 0.25) is 0 Å². The summed E-state index contributed by atoms with van der Waals surface area (Å²) in [6.45, 7) is 4.42. The third kappa shape index (κ3) is 2.47. The number of hydrogen-bond acceptors (Lipinski definition) is 2. The van der Waals surface area contributed by atoms with Crippen LogP contribution < -0.4 is 0 Å². The number of hydrogen-bond donors (Lipinski definition) is 0. The average Bonchev–Trinajstić information content (AvgIpc) is 2.34. The Morgan fingerprint density at radius 2 is 1.82 bits per heavy atom. The van der Waals surface area contributed by atoms with Crippen molar-refractivity contribution >= 4 is 16.9 Å². The van der Waals surface area contributed by atoms with E-state index < -0.39 is 11.0 Å². The molecule has 4 heteroatoms. The Morgan fingerprint density at radius 3 is 2.47 bits per heavy atom. The second kappa shape index (κ2) is 4.84. The molecule has 0 N–H and O–H groups in total. The van der Waals surface area contributed by atoms with Gasteiger partial charge in [0.25, 0.3) is 5.91 Å². The Bertz CT molecular complexity index is 493. The summed E-state index contributed by atoms with van der Waals surface area (Å²) in [5.74, 6) is 0.306. The van der Waals surface area contributed by atoms with E-state index in [-0.39, 0.29) is 5.91 Å². The molecule has 0 bridgehead atoms. The van der Waals surface area contributed by atoms with E-state index in [0.717, 1.165) is 11.1 Å². The van der Waals surface area contributed by atoms with Crippen LogP contribution in [0.1, 0.15) is 24.2 Å². The van der Waals surface area contributed by atoms with Gasteiger partial charge < -0.3 is 0 Å². The zero-order valence-corrected chi connectivity index (χ0v) is 10.8. The van der Waals surface area contributed by atoms with E-state index in [2.05, 4.69) is 0 Å². The molecule has 90 valence electrons. The molecule has 0 aliphatic carbocycles. The van der Waals surface area contributed by atoms with E-state index in [1.807, 2.05) is 32.0 Å². The molecule has 0 radical (unpaired) electrons. The fourth-order valence-corrected chi connectivity index (χ4v) is 3.10. The normalized spacial score (nSPS) is 20.6. The first-order chi connectivity index (χ1) is 8.09. The van der Waals surface area contributed by atoms with Gasteiger partial charge in [-0.3, -0.25) is 9.10 Å². The van der Waals surface area contributed by atoms with Gasteiger partial charge in [0, 0.05) is 5.56 Å². The minimum absolute atomic E-state index is 0.157. The third-order valence-electron chi connectivity index (χ3n) is 2.94. The van der Waals surface area contributed by atoms with Gasteiger partial charge in [-0.05, 0) is 26.0 Å². The zero-order chi connectivity index (χ0) is 12.4. The van der Waals surface area contributed by atoms with Crippen molar-refractivity contribution in [3.63, 3.8) is 0 Å². The minimum Gasteiger partial charge on any atom is -0.268 e. The van der Waals surface area contributed by atoms with Crippen molar-refractivity contribution in [2.45, 2.75) is 13.8 Å². The highest BCUT2D eigenvalue weighted by atomic mass is 32.2. The van der Waals surface area contributed by atoms with Crippen molar-refractivity contribution in [3.05, 3.63) is 47.0 Å². The van der Waals surface area contributed by atoms with Crippen LogP contribution in [0.3, 0.4) is 0 Å². The van der Waals surface area contributed by atoms with Crippen LogP contribution in [0.15, 0.2) is 41.5 Å². The van der Waals surface area contributed by atoms with E-state index in [1.165, 1.54) is 4.31 Å². The molecule has 1 aromatic rings. The molecule has 0 spiro atoms. The lowest BCUT2D eigenvalue weighted by Gasteiger charge is -2.27. The summed E-state index contributed by atoms with van der Waals surface area (Å²) < 4.78 is 13.4. The Labute approximate surface area is 104 Å². The van der Waals surface area contributed by atoms with Gasteiger partial charge in [-0.2, -0.15) is 0 Å². The topological polar surface area (TPSA) is 37.4 Å². The second-order valence-electron chi connectivity index (χ2n) is 4.23. The summed E-state index contributed by atoms with van der Waals surface area (Å²) in [6, 6.07) is 8.99. The molecule has 0 saturated carbocycles. The smallest absolute Gasteiger partial charge is 0.265 e. The maximum absolute atomic E-state index is 12.2. The van der Waals surface area contributed by atoms with E-state index >= 15 is 0 Å². The van der Waals surface area contributed by atoms with E-state index in [0.29, 0.717) is 17.9 Å². The number of rotatable bonds is 1. The van der Waals surface area contributed by atoms with Crippen molar-refractivity contribution in [1.82, 2.24) is 4.31 Å². The van der Waals surface area contributed by atoms with Crippen LogP contribution in [0.2, 0.25) is 0 Å². The quantitative estimate of drug-likeness (QED) is 0.715. The number of carbonyl (C=O) groups is 1. The van der Waals surface area contributed by atoms with Gasteiger partial charge in [0.05, 0.1) is 12.3 Å². The van der Waals surface area contributed by atoms with Gasteiger partial charge in [0.15, 0.2) is 0 Å². The van der Waals surface area contributed by atoms with Crippen molar-refractivity contribution in [2.24, 2.45) is 0 Å². The lowest BCUT2D eigenvalue weighted by Crippen LogP contribution is -2.39. The van der Waals surface area contributed by atoms with E-state index in [9.17, 15) is 9.00 Å². The van der Waals surface area contributed by atoms with Crippen molar-refractivity contribution < 1.29 is 9.00 Å². The van der Waals surface area contributed by atoms with Crippen LogP contribution in [-0.4, -0.2) is 26.7 Å². The number of amides is 1. The standard InChI is InChI=1S/C13H15NO2S/c1-10-8-14(17(16)9-11(10)2)13(15)12-6-4-3-5-7-12/h3-7H,8-9H2,1-2H3/t17-/m1/s1. The Hall–Kier alpha value is -1.42. The van der Waals surface area contributed by atoms with Crippen LogP contribution in [0.4, 0.5) is 0 Å². The van der Waals surface area contributed by atoms with E-state index in [1.54, 1.807) is 12.1 Å². The molecule has 1 aromatic carbocycles. The molecule has 1 atom stereocenters. The lowest BCUT2D eigenvalue weighted by atomic mass is 10.1. The highest BCUT2D eigenvalue weighted by molar-refractivity contribution is 7.83. The van der Waals surface area contributed by atoms with Gasteiger partial charge in [-0.25, -0.2) is 4.21 Å². The first-order valence-corrected chi connectivity index (χ1v) is 6.78. The van der Waals surface area contributed by atoms with Crippen LogP contribution in [0.25, 0.3) is 0 Å². The highest BCUT2D eigenvalue weighted by Gasteiger charge is 2.26. The summed E-state index contributed by atoms with van der Waals surface area (Å²) in [5, 5.41) is 0. The fraction of sp³-hybridized carbons (Fsp3) is 0.308. The molecular formula is C13H15NO2S. The Morgan fingerprint density at radius 1 is 1.18 bits per heavy atom. The fourth-order valence-electron chi connectivity index (χ4n) is 1.70. The summed E-state index contributed by atoms with van der Waals surface area (Å²) in [4.78, 5) is 12.2. The summed E-state index contributed by atoms with van der Waals surface area (Å²) in [7, 11) is -1.23. The SMILES string of the molecule is CC1=C(C)C[S@@](=O)N(C(=O)c2ccccc2)C1. The molecule has 1 amide bonds. The summed E-state index contributed by atoms with van der Waals surface area (Å²) in [5.41, 5.74) is 2.85.